The maximum absolute atomic E-state index is 12.6. The van der Waals surface area contributed by atoms with Gasteiger partial charge in [0.15, 0.2) is 22.4 Å². The molecule has 0 heterocycles. The van der Waals surface area contributed by atoms with Crippen LogP contribution in [0.5, 0.6) is 5.75 Å². The summed E-state index contributed by atoms with van der Waals surface area (Å²) in [5.74, 6) is 2.13. The molecule has 2 unspecified atom stereocenters. The van der Waals surface area contributed by atoms with Gasteiger partial charge in [-0.15, -0.1) is 6.58 Å². The summed E-state index contributed by atoms with van der Waals surface area (Å²) in [4.78, 5) is 12.6. The van der Waals surface area contributed by atoms with Crippen molar-refractivity contribution in [3.05, 3.63) is 103 Å². The van der Waals surface area contributed by atoms with Crippen molar-refractivity contribution >= 4 is 22.4 Å². The van der Waals surface area contributed by atoms with Crippen molar-refractivity contribution < 1.29 is 13.6 Å². The lowest BCUT2D eigenvalue weighted by atomic mass is 9.90. The Morgan fingerprint density at radius 1 is 0.818 bits per heavy atom. The summed E-state index contributed by atoms with van der Waals surface area (Å²) in [5.41, 5.74) is 1.39. The van der Waals surface area contributed by atoms with Crippen molar-refractivity contribution in [3.63, 3.8) is 0 Å². The van der Waals surface area contributed by atoms with Crippen LogP contribution in [0.1, 0.15) is 88.6 Å². The quantitative estimate of drug-likeness (QED) is 0.0559. The summed E-state index contributed by atoms with van der Waals surface area (Å²) in [6.45, 7) is 18.9. The van der Waals surface area contributed by atoms with Crippen LogP contribution in [0.4, 0.5) is 0 Å². The van der Waals surface area contributed by atoms with E-state index in [1.807, 2.05) is 54.6 Å². The van der Waals surface area contributed by atoms with Gasteiger partial charge in [0.2, 0.25) is 0 Å². The van der Waals surface area contributed by atoms with Crippen molar-refractivity contribution in [3.8, 4) is 5.75 Å². The average Bonchev–Trinajstić information content (AvgIpc) is 2.99. The zero-order chi connectivity index (χ0) is 31.6. The largest absolute Gasteiger partial charge is 0.494 e. The third-order valence-corrected chi connectivity index (χ3v) is 15.4. The van der Waals surface area contributed by atoms with Crippen LogP contribution in [0.3, 0.4) is 0 Å². The Labute approximate surface area is 273 Å². The molecule has 244 valence electrons. The first-order chi connectivity index (χ1) is 20.5. The van der Waals surface area contributed by atoms with Crippen molar-refractivity contribution in [2.24, 2.45) is 11.8 Å². The van der Waals surface area contributed by atoms with E-state index in [9.17, 15) is 4.79 Å². The highest BCUT2D eigenvalue weighted by atomic mass is 28.4. The average molecular weight is 635 g/mol. The molecule has 0 N–H and O–H groups in total. The van der Waals surface area contributed by atoms with Gasteiger partial charge >= 0.3 is 0 Å². The lowest BCUT2D eigenvalue weighted by molar-refractivity contribution is 0.103. The molecule has 0 aromatic heterocycles. The molecule has 0 amide bonds. The molecule has 0 fully saturated rings. The Morgan fingerprint density at radius 3 is 2.05 bits per heavy atom. The number of hydrogen-bond donors (Lipinski definition) is 0. The fraction of sp³-hybridized carbons (Fsp3) is 0.513. The number of hydrogen-bond acceptors (Lipinski definition) is 3. The van der Waals surface area contributed by atoms with Crippen LogP contribution in [-0.4, -0.2) is 29.0 Å². The molecule has 0 bridgehead atoms. The van der Waals surface area contributed by atoms with Crippen LogP contribution in [0, 0.1) is 11.8 Å². The van der Waals surface area contributed by atoms with Gasteiger partial charge in [-0.3, -0.25) is 4.79 Å². The fourth-order valence-electron chi connectivity index (χ4n) is 5.58. The first-order valence-electron chi connectivity index (χ1n) is 16.5. The van der Waals surface area contributed by atoms with Crippen LogP contribution >= 0.6 is 0 Å². The van der Waals surface area contributed by atoms with Gasteiger partial charge in [0.25, 0.3) is 0 Å². The van der Waals surface area contributed by atoms with Crippen LogP contribution in [0.2, 0.25) is 38.3 Å². The van der Waals surface area contributed by atoms with Gasteiger partial charge in [-0.1, -0.05) is 88.4 Å². The van der Waals surface area contributed by atoms with Crippen molar-refractivity contribution in [1.82, 2.24) is 0 Å². The fourth-order valence-corrected chi connectivity index (χ4v) is 14.6. The molecule has 0 radical (unpaired) electrons. The maximum atomic E-state index is 12.6. The monoisotopic (exact) mass is 634 g/mol. The molecule has 5 heteroatoms. The Bertz CT molecular complexity index is 1120. The van der Waals surface area contributed by atoms with Gasteiger partial charge < -0.3 is 8.85 Å². The highest BCUT2D eigenvalue weighted by Crippen LogP contribution is 2.28. The van der Waals surface area contributed by atoms with Gasteiger partial charge in [0, 0.05) is 11.1 Å². The van der Waals surface area contributed by atoms with Gasteiger partial charge in [0.1, 0.15) is 5.75 Å². The molecular formula is C39H62O3Si2. The number of ether oxygens (including phenoxy) is 1. The third kappa shape index (κ3) is 16.6. The summed E-state index contributed by atoms with van der Waals surface area (Å²) in [6.07, 6.45) is 20.6. The second-order valence-corrected chi connectivity index (χ2v) is 22.0. The van der Waals surface area contributed by atoms with Crippen molar-refractivity contribution in [2.45, 2.75) is 111 Å². The molecule has 0 spiro atoms. The Hall–Kier alpha value is -2.48. The minimum atomic E-state index is -1.78. The normalized spacial score (nSPS) is 13.5. The number of benzene rings is 2. The maximum Gasteiger partial charge on any atom is 0.193 e. The Kier molecular flexibility index (Phi) is 19.1. The van der Waals surface area contributed by atoms with Crippen molar-refractivity contribution in [1.29, 1.82) is 0 Å². The van der Waals surface area contributed by atoms with Crippen LogP contribution in [0.25, 0.3) is 0 Å². The van der Waals surface area contributed by atoms with E-state index in [4.69, 9.17) is 8.85 Å². The SMILES string of the molecule is C.C=CC(CC/C=C\CC/C=C/CC)CC(C)CC[Si](C)(C)O[Si](C)(C)CCCOc1ccc(C(=O)c2ccccc2)cc1. The predicted octanol–water partition coefficient (Wildman–Crippen LogP) is 12.1. The minimum Gasteiger partial charge on any atom is -0.494 e. The predicted molar refractivity (Wildman–Crippen MR) is 198 cm³/mol. The van der Waals surface area contributed by atoms with Gasteiger partial charge in [0.05, 0.1) is 6.61 Å². The number of allylic oxidation sites excluding steroid dienone is 5. The van der Waals surface area contributed by atoms with E-state index >= 15 is 0 Å². The summed E-state index contributed by atoms with van der Waals surface area (Å²) in [7, 11) is -3.51. The topological polar surface area (TPSA) is 35.5 Å². The second-order valence-electron chi connectivity index (χ2n) is 13.2. The lowest BCUT2D eigenvalue weighted by Crippen LogP contribution is -2.44. The minimum absolute atomic E-state index is 0. The van der Waals surface area contributed by atoms with E-state index in [1.54, 1.807) is 0 Å². The molecule has 0 aliphatic heterocycles. The summed E-state index contributed by atoms with van der Waals surface area (Å²) >= 11 is 0. The van der Waals surface area contributed by atoms with E-state index in [2.05, 4.69) is 77.0 Å². The molecule has 44 heavy (non-hydrogen) atoms. The Balaban J connectivity index is 0.00000968. The molecule has 2 aromatic rings. The highest BCUT2D eigenvalue weighted by Gasteiger charge is 2.32. The number of carbonyl (C=O) groups excluding carboxylic acids is 1. The molecule has 0 aliphatic rings. The first-order valence-corrected chi connectivity index (χ1v) is 22.7. The molecule has 0 saturated heterocycles. The van der Waals surface area contributed by atoms with Gasteiger partial charge in [-0.05, 0) is 119 Å². The van der Waals surface area contributed by atoms with E-state index in [-0.39, 0.29) is 13.2 Å². The van der Waals surface area contributed by atoms with Crippen LogP contribution in [0.15, 0.2) is 91.6 Å². The standard InChI is InChI=1S/C38H58O3Si2.CH4/c1-8-10-11-12-13-14-15-17-21-34(9-2)32-33(3)28-31-43(6,7)41-42(4,5)30-20-29-40-37-26-24-36(25-27-37)38(39)35-22-18-16-19-23-35;/h9-11,14-16,18-19,22-27,33-34H,2,8,12-13,17,20-21,28-32H2,1,3-7H3;1H4/b11-10+,15-14-;. The van der Waals surface area contributed by atoms with E-state index < -0.39 is 16.6 Å². The number of rotatable bonds is 22. The zero-order valence-corrected chi connectivity index (χ0v) is 29.9. The third-order valence-electron chi connectivity index (χ3n) is 7.95. The molecule has 3 nitrogen and oxygen atoms in total. The molecule has 0 aliphatic carbocycles. The smallest absolute Gasteiger partial charge is 0.193 e. The summed E-state index contributed by atoms with van der Waals surface area (Å²) in [6, 6.07) is 19.2. The number of ketones is 1. The molecule has 2 rings (SSSR count). The second kappa shape index (κ2) is 21.3. The number of carbonyl (C=O) groups is 1. The molecule has 2 atom stereocenters. The number of unbranched alkanes of at least 4 members (excludes halogenated alkanes) is 1. The molecule has 2 aromatic carbocycles. The van der Waals surface area contributed by atoms with Crippen LogP contribution < -0.4 is 4.74 Å². The molecular weight excluding hydrogens is 573 g/mol. The zero-order valence-electron chi connectivity index (χ0n) is 27.9. The summed E-state index contributed by atoms with van der Waals surface area (Å²) in [5, 5.41) is 0. The Morgan fingerprint density at radius 2 is 1.41 bits per heavy atom. The van der Waals surface area contributed by atoms with E-state index in [0.29, 0.717) is 29.6 Å². The summed E-state index contributed by atoms with van der Waals surface area (Å²) < 4.78 is 12.9. The van der Waals surface area contributed by atoms with Gasteiger partial charge in [-0.2, -0.15) is 0 Å². The first kappa shape index (κ1) is 39.5. The highest BCUT2D eigenvalue weighted by molar-refractivity contribution is 6.84. The van der Waals surface area contributed by atoms with Crippen LogP contribution in [-0.2, 0) is 4.12 Å². The molecule has 0 saturated carbocycles. The van der Waals surface area contributed by atoms with E-state index in [1.165, 1.54) is 25.3 Å². The van der Waals surface area contributed by atoms with E-state index in [0.717, 1.165) is 43.9 Å². The van der Waals surface area contributed by atoms with Gasteiger partial charge in [-0.25, -0.2) is 0 Å². The van der Waals surface area contributed by atoms with Crippen molar-refractivity contribution in [2.75, 3.05) is 6.61 Å². The lowest BCUT2D eigenvalue weighted by Gasteiger charge is -2.35.